The highest BCUT2D eigenvalue weighted by atomic mass is 32.2. The summed E-state index contributed by atoms with van der Waals surface area (Å²) in [5, 5.41) is 2.22. The fraction of sp³-hybridized carbons (Fsp3) is 0.0455. The molecule has 4 aromatic rings. The number of benzene rings is 3. The van der Waals surface area contributed by atoms with Crippen molar-refractivity contribution < 1.29 is 4.79 Å². The van der Waals surface area contributed by atoms with Gasteiger partial charge in [0.05, 0.1) is 10.8 Å². The van der Waals surface area contributed by atoms with Gasteiger partial charge >= 0.3 is 0 Å². The predicted octanol–water partition coefficient (Wildman–Crippen LogP) is 5.81. The number of aromatic amines is 1. The van der Waals surface area contributed by atoms with Crippen molar-refractivity contribution in [2.75, 3.05) is 5.75 Å². The number of thioether (sulfide) groups is 1. The standard InChI is InChI=1S/C22H17NOS/c24-20(16-9-3-1-4-10-16)15-25-22-21(17-11-5-2-6-12-17)18-13-7-8-14-19(18)23-22/h1-14,23H,15H2. The van der Waals surface area contributed by atoms with Crippen LogP contribution in [0.3, 0.4) is 0 Å². The van der Waals surface area contributed by atoms with E-state index >= 15 is 0 Å². The first-order chi connectivity index (χ1) is 12.3. The van der Waals surface area contributed by atoms with Crippen molar-refractivity contribution in [3.8, 4) is 11.1 Å². The van der Waals surface area contributed by atoms with Crippen LogP contribution < -0.4 is 0 Å². The van der Waals surface area contributed by atoms with Gasteiger partial charge in [-0.05, 0) is 11.6 Å². The van der Waals surface area contributed by atoms with Crippen LogP contribution in [-0.4, -0.2) is 16.5 Å². The van der Waals surface area contributed by atoms with Crippen molar-refractivity contribution >= 4 is 28.4 Å². The Morgan fingerprint density at radius 2 is 1.44 bits per heavy atom. The van der Waals surface area contributed by atoms with Crippen LogP contribution in [0.4, 0.5) is 0 Å². The molecule has 25 heavy (non-hydrogen) atoms. The molecule has 0 saturated carbocycles. The Labute approximate surface area is 150 Å². The lowest BCUT2D eigenvalue weighted by Gasteiger charge is -2.05. The first-order valence-corrected chi connectivity index (χ1v) is 9.18. The quantitative estimate of drug-likeness (QED) is 0.366. The summed E-state index contributed by atoms with van der Waals surface area (Å²) in [5.41, 5.74) is 4.18. The topological polar surface area (TPSA) is 32.9 Å². The lowest BCUT2D eigenvalue weighted by atomic mass is 10.1. The number of nitrogens with one attached hydrogen (secondary N) is 1. The summed E-state index contributed by atoms with van der Waals surface area (Å²) in [5.74, 6) is 0.555. The maximum absolute atomic E-state index is 12.4. The summed E-state index contributed by atoms with van der Waals surface area (Å²) in [7, 11) is 0. The smallest absolute Gasteiger partial charge is 0.173 e. The molecule has 0 amide bonds. The number of hydrogen-bond donors (Lipinski definition) is 1. The summed E-state index contributed by atoms with van der Waals surface area (Å²) in [6.45, 7) is 0. The average Bonchev–Trinajstić information content (AvgIpc) is 3.06. The second-order valence-electron chi connectivity index (χ2n) is 5.82. The fourth-order valence-electron chi connectivity index (χ4n) is 2.96. The van der Waals surface area contributed by atoms with Crippen LogP contribution in [0.25, 0.3) is 22.0 Å². The van der Waals surface area contributed by atoms with Gasteiger partial charge in [-0.15, -0.1) is 0 Å². The van der Waals surface area contributed by atoms with Crippen molar-refractivity contribution in [1.29, 1.82) is 0 Å². The van der Waals surface area contributed by atoms with Gasteiger partial charge in [0.25, 0.3) is 0 Å². The molecule has 1 aromatic heterocycles. The van der Waals surface area contributed by atoms with E-state index in [4.69, 9.17) is 0 Å². The molecule has 0 bridgehead atoms. The summed E-state index contributed by atoms with van der Waals surface area (Å²) in [4.78, 5) is 15.9. The Morgan fingerprint density at radius 1 is 0.800 bits per heavy atom. The first-order valence-electron chi connectivity index (χ1n) is 8.20. The minimum absolute atomic E-state index is 0.142. The highest BCUT2D eigenvalue weighted by Gasteiger charge is 2.15. The second-order valence-corrected chi connectivity index (χ2v) is 6.80. The van der Waals surface area contributed by atoms with E-state index in [9.17, 15) is 4.79 Å². The van der Waals surface area contributed by atoms with E-state index in [1.165, 1.54) is 10.9 Å². The normalized spacial score (nSPS) is 10.9. The molecular formula is C22H17NOS. The molecule has 3 heteroatoms. The number of aromatic nitrogens is 1. The number of ketones is 1. The maximum Gasteiger partial charge on any atom is 0.173 e. The molecule has 3 aromatic carbocycles. The second kappa shape index (κ2) is 6.99. The number of carbonyl (C=O) groups excluding carboxylic acids is 1. The van der Waals surface area contributed by atoms with E-state index in [0.29, 0.717) is 5.75 Å². The van der Waals surface area contributed by atoms with E-state index in [-0.39, 0.29) is 5.78 Å². The third-order valence-corrected chi connectivity index (χ3v) is 5.18. The zero-order valence-corrected chi connectivity index (χ0v) is 14.4. The Bertz CT molecular complexity index is 1010. The van der Waals surface area contributed by atoms with Gasteiger partial charge in [0.2, 0.25) is 0 Å². The third-order valence-electron chi connectivity index (χ3n) is 4.18. The van der Waals surface area contributed by atoms with Gasteiger partial charge in [0.15, 0.2) is 5.78 Å². The SMILES string of the molecule is O=C(CSc1[nH]c2ccccc2c1-c1ccccc1)c1ccccc1. The molecule has 122 valence electrons. The zero-order chi connectivity index (χ0) is 17.1. The van der Waals surface area contributed by atoms with E-state index in [0.717, 1.165) is 21.7 Å². The molecule has 4 rings (SSSR count). The van der Waals surface area contributed by atoms with Crippen LogP contribution in [0.15, 0.2) is 90.0 Å². The monoisotopic (exact) mass is 343 g/mol. The van der Waals surface area contributed by atoms with Crippen molar-refractivity contribution in [1.82, 2.24) is 4.98 Å². The van der Waals surface area contributed by atoms with Gasteiger partial charge in [-0.3, -0.25) is 4.79 Å². The van der Waals surface area contributed by atoms with Crippen molar-refractivity contribution in [3.63, 3.8) is 0 Å². The van der Waals surface area contributed by atoms with Crippen LogP contribution in [0, 0.1) is 0 Å². The lowest BCUT2D eigenvalue weighted by Crippen LogP contribution is -2.01. The Kier molecular flexibility index (Phi) is 4.40. The van der Waals surface area contributed by atoms with Gasteiger partial charge in [0, 0.05) is 22.0 Å². The molecule has 0 aliphatic rings. The van der Waals surface area contributed by atoms with Gasteiger partial charge < -0.3 is 4.98 Å². The number of hydrogen-bond acceptors (Lipinski definition) is 2. The molecule has 1 heterocycles. The molecule has 1 N–H and O–H groups in total. The van der Waals surface area contributed by atoms with Gasteiger partial charge in [0.1, 0.15) is 0 Å². The van der Waals surface area contributed by atoms with Gasteiger partial charge in [-0.25, -0.2) is 0 Å². The number of para-hydroxylation sites is 1. The van der Waals surface area contributed by atoms with E-state index in [2.05, 4.69) is 29.2 Å². The Hall–Kier alpha value is -2.78. The van der Waals surface area contributed by atoms with E-state index < -0.39 is 0 Å². The minimum Gasteiger partial charge on any atom is -0.349 e. The first kappa shape index (κ1) is 15.7. The molecular weight excluding hydrogens is 326 g/mol. The molecule has 0 fully saturated rings. The number of Topliss-reactive ketones (excluding diaryl/α,β-unsaturated/α-hetero) is 1. The highest BCUT2D eigenvalue weighted by molar-refractivity contribution is 8.00. The number of H-pyrrole nitrogens is 1. The maximum atomic E-state index is 12.4. The van der Waals surface area contributed by atoms with E-state index in [1.807, 2.05) is 60.7 Å². The summed E-state index contributed by atoms with van der Waals surface area (Å²) in [6.07, 6.45) is 0. The molecule has 0 unspecified atom stereocenters. The van der Waals surface area contributed by atoms with E-state index in [1.54, 1.807) is 11.8 Å². The number of fused-ring (bicyclic) bond motifs is 1. The molecule has 2 nitrogen and oxygen atoms in total. The van der Waals surface area contributed by atoms with Crippen LogP contribution in [0.1, 0.15) is 10.4 Å². The fourth-order valence-corrected chi connectivity index (χ4v) is 3.96. The molecule has 0 radical (unpaired) electrons. The molecule has 0 aliphatic heterocycles. The summed E-state index contributed by atoms with van der Waals surface area (Å²) in [6, 6.07) is 28.0. The number of rotatable bonds is 5. The minimum atomic E-state index is 0.142. The zero-order valence-electron chi connectivity index (χ0n) is 13.6. The van der Waals surface area contributed by atoms with Crippen LogP contribution in [-0.2, 0) is 0 Å². The average molecular weight is 343 g/mol. The van der Waals surface area contributed by atoms with Crippen LogP contribution >= 0.6 is 11.8 Å². The molecule has 0 aliphatic carbocycles. The predicted molar refractivity (Wildman–Crippen MR) is 105 cm³/mol. The molecule has 0 spiro atoms. The Morgan fingerprint density at radius 3 is 2.20 bits per heavy atom. The lowest BCUT2D eigenvalue weighted by molar-refractivity contribution is 0.102. The largest absolute Gasteiger partial charge is 0.349 e. The van der Waals surface area contributed by atoms with Crippen molar-refractivity contribution in [3.05, 3.63) is 90.5 Å². The summed E-state index contributed by atoms with van der Waals surface area (Å²) < 4.78 is 0. The molecule has 0 atom stereocenters. The van der Waals surface area contributed by atoms with Gasteiger partial charge in [-0.2, -0.15) is 0 Å². The van der Waals surface area contributed by atoms with Crippen LogP contribution in [0.5, 0.6) is 0 Å². The van der Waals surface area contributed by atoms with Gasteiger partial charge in [-0.1, -0.05) is 90.6 Å². The van der Waals surface area contributed by atoms with Crippen LogP contribution in [0.2, 0.25) is 0 Å². The van der Waals surface area contributed by atoms with Crippen molar-refractivity contribution in [2.45, 2.75) is 5.03 Å². The highest BCUT2D eigenvalue weighted by Crippen LogP contribution is 2.37. The molecule has 0 saturated heterocycles. The number of carbonyl (C=O) groups is 1. The van der Waals surface area contributed by atoms with Crippen molar-refractivity contribution in [2.24, 2.45) is 0 Å². The summed E-state index contributed by atoms with van der Waals surface area (Å²) >= 11 is 1.57. The third kappa shape index (κ3) is 3.24. The Balaban J connectivity index is 1.69.